The number of aliphatic carboxylic acids is 2. The number of aromatic amines is 2. The van der Waals surface area contributed by atoms with E-state index in [4.69, 9.17) is 15.6 Å². The summed E-state index contributed by atoms with van der Waals surface area (Å²) in [4.78, 5) is 206. The maximum Gasteiger partial charge on any atom is 0.430 e. The number of rotatable bonds is 18. The molecule has 10 amide bonds. The van der Waals surface area contributed by atoms with Crippen LogP contribution >= 0.6 is 23.5 Å². The van der Waals surface area contributed by atoms with Crippen LogP contribution in [-0.4, -0.2) is 202 Å². The number of benzene rings is 4. The quantitative estimate of drug-likeness (QED) is 0.0586. The van der Waals surface area contributed by atoms with E-state index in [-0.39, 0.29) is 75.0 Å². The number of phenols is 2. The number of primary amides is 1. The summed E-state index contributed by atoms with van der Waals surface area (Å²) in [6.45, 7) is 11.0. The molecule has 6 aromatic rings. The number of nitrogens with two attached hydrogens (primary N) is 1. The number of amides is 10. The molecule has 1 aliphatic heterocycles. The zero-order chi connectivity index (χ0) is 89.4. The molecule has 0 unspecified atom stereocenters. The number of alkyl halides is 3. The summed E-state index contributed by atoms with van der Waals surface area (Å²) in [5, 5.41) is 87.3. The van der Waals surface area contributed by atoms with Gasteiger partial charge >= 0.3 is 12.1 Å². The van der Waals surface area contributed by atoms with Gasteiger partial charge in [-0.3, -0.25) is 62.3 Å². The minimum atomic E-state index is -5.19. The molecule has 2 bridgehead atoms. The summed E-state index contributed by atoms with van der Waals surface area (Å²) in [7, 11) is 0. The number of pyridine rings is 1. The fourth-order valence-corrected chi connectivity index (χ4v) is 14.8. The summed E-state index contributed by atoms with van der Waals surface area (Å²) in [5.41, 5.74) is 8.19. The normalized spacial score (nSPS) is 22.8. The summed E-state index contributed by atoms with van der Waals surface area (Å²) in [6.07, 6.45) is -7.32. The van der Waals surface area contributed by atoms with Crippen LogP contribution < -0.4 is 63.7 Å². The number of phenolic OH excluding ortho intramolecular Hbond substituents is 2. The van der Waals surface area contributed by atoms with Crippen molar-refractivity contribution in [2.45, 2.75) is 216 Å². The van der Waals surface area contributed by atoms with Gasteiger partial charge in [-0.1, -0.05) is 114 Å². The number of carboxylic acids is 2. The minimum absolute atomic E-state index is 0.0309. The lowest BCUT2D eigenvalue weighted by molar-refractivity contribution is -0.388. The first-order valence-electron chi connectivity index (χ1n) is 39.2. The van der Waals surface area contributed by atoms with Crippen LogP contribution in [0.25, 0.3) is 10.8 Å². The van der Waals surface area contributed by atoms with Gasteiger partial charge in [0.2, 0.25) is 59.1 Å². The molecule has 1 aliphatic rings. The smallest absolute Gasteiger partial charge is 0.430 e. The lowest BCUT2D eigenvalue weighted by Crippen LogP contribution is -2.60. The van der Waals surface area contributed by atoms with Gasteiger partial charge in [-0.25, -0.2) is 9.97 Å². The van der Waals surface area contributed by atoms with E-state index in [1.807, 2.05) is 42.5 Å². The first-order valence-corrected chi connectivity index (χ1v) is 41.5. The number of aliphatic hydroxyl groups is 2. The number of ketones is 2. The largest absolute Gasteiger partial charge is 0.542 e. The van der Waals surface area contributed by atoms with E-state index < -0.39 is 198 Å². The van der Waals surface area contributed by atoms with Crippen molar-refractivity contribution >= 4 is 117 Å². The molecule has 121 heavy (non-hydrogen) atoms. The van der Waals surface area contributed by atoms with Crippen LogP contribution in [0.15, 0.2) is 122 Å². The van der Waals surface area contributed by atoms with Crippen LogP contribution in [-0.2, 0) is 104 Å². The number of nitrogens with zero attached hydrogens (tertiary/aromatic N) is 1. The second kappa shape index (κ2) is 47.5. The first kappa shape index (κ1) is 98.3. The van der Waals surface area contributed by atoms with E-state index in [0.29, 0.717) is 39.8 Å². The summed E-state index contributed by atoms with van der Waals surface area (Å²) in [6, 6.07) is 14.5. The molecular formula is C83H106F3N13O20S2. The van der Waals surface area contributed by atoms with E-state index in [9.17, 15) is 91.4 Å². The third-order valence-corrected chi connectivity index (χ3v) is 21.6. The molecule has 0 radical (unpaired) electrons. The molecule has 656 valence electrons. The fourth-order valence-electron chi connectivity index (χ4n) is 12.9. The Morgan fingerprint density at radius 2 is 1.10 bits per heavy atom. The number of aliphatic hydroxyl groups excluding tert-OH is 2. The molecule has 0 spiro atoms. The molecule has 18 N–H and O–H groups in total. The predicted octanol–water partition coefficient (Wildman–Crippen LogP) is 2.20. The number of H-pyrrole nitrogens is 2. The van der Waals surface area contributed by atoms with Crippen LogP contribution in [0.4, 0.5) is 13.2 Å². The second-order valence-electron chi connectivity index (χ2n) is 30.6. The summed E-state index contributed by atoms with van der Waals surface area (Å²) >= 11 is 2.69. The van der Waals surface area contributed by atoms with Gasteiger partial charge in [0.1, 0.15) is 59.8 Å². The number of hydrogen-bond donors (Lipinski definition) is 16. The number of carbonyl (C=O) groups excluding carboxylic acids is 13. The number of aromatic hydroxyl groups is 2. The zero-order valence-electron chi connectivity index (χ0n) is 67.9. The van der Waals surface area contributed by atoms with Crippen molar-refractivity contribution in [3.8, 4) is 11.5 Å². The van der Waals surface area contributed by atoms with Gasteiger partial charge in [0.25, 0.3) is 0 Å². The molecule has 7 rings (SSSR count). The number of halogens is 3. The van der Waals surface area contributed by atoms with Gasteiger partial charge in [0.15, 0.2) is 23.5 Å². The number of aromatic nitrogens is 3. The Labute approximate surface area is 704 Å². The first-order chi connectivity index (χ1) is 57.1. The molecule has 0 fully saturated rings. The molecule has 3 heterocycles. The van der Waals surface area contributed by atoms with Crippen LogP contribution in [0.2, 0.25) is 0 Å². The number of carboxylic acid groups (broad SMARTS) is 2. The third-order valence-electron chi connectivity index (χ3n) is 19.5. The minimum Gasteiger partial charge on any atom is -0.542 e. The molecule has 4 aromatic carbocycles. The van der Waals surface area contributed by atoms with E-state index >= 15 is 9.59 Å². The van der Waals surface area contributed by atoms with Crippen molar-refractivity contribution in [1.29, 1.82) is 0 Å². The third kappa shape index (κ3) is 32.9. The molecular weight excluding hydrogens is 1620 g/mol. The highest BCUT2D eigenvalue weighted by Gasteiger charge is 2.41. The number of fused-ring (bicyclic) bond motifs is 3. The van der Waals surface area contributed by atoms with Gasteiger partial charge in [0, 0.05) is 90.8 Å². The van der Waals surface area contributed by atoms with Crippen LogP contribution in [0.5, 0.6) is 11.5 Å². The van der Waals surface area contributed by atoms with Crippen LogP contribution in [0, 0.1) is 17.3 Å². The predicted molar refractivity (Wildman–Crippen MR) is 437 cm³/mol. The van der Waals surface area contributed by atoms with Crippen LogP contribution in [0.3, 0.4) is 0 Å². The van der Waals surface area contributed by atoms with E-state index in [1.54, 1.807) is 52.9 Å². The van der Waals surface area contributed by atoms with E-state index in [1.165, 1.54) is 98.4 Å². The number of Topliss-reactive ketones (excluding diaryl/α,β-unsaturated/α-hetero) is 2. The van der Waals surface area contributed by atoms with Gasteiger partial charge in [-0.05, 0) is 103 Å². The number of hydrogen-bond acceptors (Lipinski definition) is 22. The lowest BCUT2D eigenvalue weighted by Gasteiger charge is -2.32. The monoisotopic (exact) mass is 1730 g/mol. The Balaban J connectivity index is 0.00000310. The Bertz CT molecular complexity index is 4560. The zero-order valence-corrected chi connectivity index (χ0v) is 69.5. The lowest BCUT2D eigenvalue weighted by atomic mass is 9.85. The Morgan fingerprint density at radius 1 is 0.579 bits per heavy atom. The molecule has 33 nitrogen and oxygen atoms in total. The Kier molecular flexibility index (Phi) is 38.6. The van der Waals surface area contributed by atoms with Gasteiger partial charge < -0.3 is 94.0 Å². The number of thioether (sulfide) groups is 2. The van der Waals surface area contributed by atoms with Crippen molar-refractivity contribution in [2.24, 2.45) is 23.0 Å². The van der Waals surface area contributed by atoms with Gasteiger partial charge in [-0.2, -0.15) is 36.7 Å². The maximum atomic E-state index is 15.1. The number of imidazole rings is 1. The number of carbonyl (C=O) groups is 14. The van der Waals surface area contributed by atoms with Crippen molar-refractivity contribution in [3.63, 3.8) is 0 Å². The topological polar surface area (TPSA) is 540 Å². The Morgan fingerprint density at radius 3 is 1.64 bits per heavy atom. The average Bonchev–Trinajstić information content (AvgIpc) is 1.63. The molecule has 2 aromatic heterocycles. The van der Waals surface area contributed by atoms with Gasteiger partial charge in [0.05, 0.1) is 43.0 Å². The van der Waals surface area contributed by atoms with Crippen LogP contribution in [0.1, 0.15) is 140 Å². The highest BCUT2D eigenvalue weighted by Crippen LogP contribution is 2.26. The van der Waals surface area contributed by atoms with Crippen molar-refractivity contribution in [2.75, 3.05) is 11.5 Å². The number of nitrogens with one attached hydrogen (secondary N) is 11. The fraction of sp³-hybridized carbons (Fsp3) is 0.470. The van der Waals surface area contributed by atoms with Crippen molar-refractivity contribution in [3.05, 3.63) is 155 Å². The highest BCUT2D eigenvalue weighted by atomic mass is 32.2. The summed E-state index contributed by atoms with van der Waals surface area (Å²) in [5.74, 6) is -17.0. The maximum absolute atomic E-state index is 15.1. The molecule has 0 saturated heterocycles. The standard InChI is InChI=1S/C81H105N13O18S2.C2HF3O2/c1-8-13-60-75(107)86-59(27-28-69(102)103)66(99)35-53(32-47-19-23-56(97)24-20-47)73(105)87-61(14-9-2)76(108)94-70(46(4)96)79(111)92-65(72(82)104)43-114-42-50-16-12-15-49(31-50)41-113-30-29-68(101)93-71(81(5,6)7)80(112)91-63(33-48-21-25-57(98)26-22-48)77(109)89-62(37-55-40-83-44-85-55)67(100)38-58(45(3)95)74(106)90-64(78(110)88-60)36-54-34-51-17-10-11-18-52(51)39-84-54;3-2(4,5)1(6)7/h10-12,15-26,31,34,39-40,44-46,53,58-65,70-71,95-98H,8-9,13-14,27-30,32-33,35-38,41-43H2,1-7H3,(H2,82,104)(H,83,85)(H,86,107)(H,87,105)(H,88,110)(H,89,109)(H,90,106)(H,91,112)(H,92,111)(H,93,101)(H,94,108)(H,102,103);(H,6,7)/t45-,46-,53-,58+,59+,60+,61+,62+,63+,64+,65+,70+,71-;/m1./s1. The molecule has 38 heteroatoms. The second-order valence-corrected chi connectivity index (χ2v) is 32.7. The van der Waals surface area contributed by atoms with E-state index in [2.05, 4.69) is 62.8 Å². The molecule has 13 atom stereocenters. The highest BCUT2D eigenvalue weighted by molar-refractivity contribution is 7.98. The average molecular weight is 1730 g/mol. The molecule has 0 aliphatic carbocycles. The van der Waals surface area contributed by atoms with Gasteiger partial charge in [-0.15, -0.1) is 0 Å². The van der Waals surface area contributed by atoms with Crippen molar-refractivity contribution < 1.29 is 116 Å². The summed E-state index contributed by atoms with van der Waals surface area (Å²) < 4.78 is 31.5. The molecule has 0 saturated carbocycles. The van der Waals surface area contributed by atoms with E-state index in [0.717, 1.165) is 21.9 Å². The Hall–Kier alpha value is -11.5. The SMILES string of the molecule is CCC[C@@H]1NC(=O)[C@H](Cc2ccc(O)cc2)CC(=O)[C@H](CCC(=O)O)NC(=O)[C@H](CCC)NC(=O)[C@H](Cc2cc3ccccc3c[nH+]2)NC(=O)[C@H]([C@@H](C)O)CC(=O)[C@H](Cc2cnc[nH]2)NC(=O)[C@H](Cc2ccc(O)cc2)NC(=O)[C@H](C(C)(C)C)NC(=O)CCSCc2cccc(c2)CSC[C@@H](C(N)=O)NC(=O)[C@H]([C@@H](C)O)NC1=O.O=C([O-])C(F)(F)F. The van der Waals surface area contributed by atoms with Crippen molar-refractivity contribution in [1.82, 2.24) is 57.8 Å².